The van der Waals surface area contributed by atoms with Gasteiger partial charge in [-0.2, -0.15) is 4.98 Å². The van der Waals surface area contributed by atoms with Crippen molar-refractivity contribution in [2.75, 3.05) is 19.0 Å². The van der Waals surface area contributed by atoms with Crippen LogP contribution in [0.5, 0.6) is 5.88 Å². The molecule has 0 amide bonds. The SMILES string of the molecule is COc1cc(C)nc(NC(C)C(C)CN)n1. The summed E-state index contributed by atoms with van der Waals surface area (Å²) < 4.78 is 5.09. The monoisotopic (exact) mass is 224 g/mol. The molecule has 2 unspecified atom stereocenters. The first-order valence-corrected chi connectivity index (χ1v) is 5.43. The predicted octanol–water partition coefficient (Wildman–Crippen LogP) is 1.19. The molecular formula is C11H20N4O. The third-order valence-corrected chi connectivity index (χ3v) is 2.62. The summed E-state index contributed by atoms with van der Waals surface area (Å²) in [6, 6.07) is 2.03. The van der Waals surface area contributed by atoms with E-state index >= 15 is 0 Å². The summed E-state index contributed by atoms with van der Waals surface area (Å²) in [6.07, 6.45) is 0. The minimum absolute atomic E-state index is 0.233. The number of rotatable bonds is 5. The van der Waals surface area contributed by atoms with E-state index in [-0.39, 0.29) is 6.04 Å². The van der Waals surface area contributed by atoms with Crippen molar-refractivity contribution >= 4 is 5.95 Å². The average molecular weight is 224 g/mol. The lowest BCUT2D eigenvalue weighted by molar-refractivity contribution is 0.396. The zero-order chi connectivity index (χ0) is 12.1. The van der Waals surface area contributed by atoms with Crippen molar-refractivity contribution in [1.29, 1.82) is 0 Å². The standard InChI is InChI=1S/C11H20N4O/c1-7(6-12)9(3)14-11-13-8(2)5-10(15-11)16-4/h5,7,9H,6,12H2,1-4H3,(H,13,14,15). The van der Waals surface area contributed by atoms with E-state index in [1.807, 2.05) is 6.92 Å². The van der Waals surface area contributed by atoms with Crippen molar-refractivity contribution in [3.05, 3.63) is 11.8 Å². The first-order valence-electron chi connectivity index (χ1n) is 5.43. The quantitative estimate of drug-likeness (QED) is 0.786. The van der Waals surface area contributed by atoms with E-state index in [0.717, 1.165) is 5.69 Å². The number of nitrogens with one attached hydrogen (secondary N) is 1. The summed E-state index contributed by atoms with van der Waals surface area (Å²) in [7, 11) is 1.59. The lowest BCUT2D eigenvalue weighted by Crippen LogP contribution is -2.30. The third kappa shape index (κ3) is 3.34. The largest absolute Gasteiger partial charge is 0.481 e. The fourth-order valence-electron chi connectivity index (χ4n) is 1.26. The van der Waals surface area contributed by atoms with Crippen LogP contribution in [0.4, 0.5) is 5.95 Å². The predicted molar refractivity (Wildman–Crippen MR) is 64.6 cm³/mol. The van der Waals surface area contributed by atoms with Gasteiger partial charge < -0.3 is 15.8 Å². The molecule has 0 aromatic carbocycles. The van der Waals surface area contributed by atoms with Crippen molar-refractivity contribution in [3.63, 3.8) is 0 Å². The van der Waals surface area contributed by atoms with Crippen molar-refractivity contribution in [3.8, 4) is 5.88 Å². The van der Waals surface area contributed by atoms with Gasteiger partial charge in [0, 0.05) is 17.8 Å². The first-order chi connectivity index (χ1) is 7.56. The molecule has 0 saturated carbocycles. The molecular weight excluding hydrogens is 204 g/mol. The molecule has 1 aromatic heterocycles. The topological polar surface area (TPSA) is 73.1 Å². The van der Waals surface area contributed by atoms with Gasteiger partial charge in [0.15, 0.2) is 0 Å². The zero-order valence-corrected chi connectivity index (χ0v) is 10.3. The number of nitrogens with zero attached hydrogens (tertiary/aromatic N) is 2. The maximum atomic E-state index is 5.61. The van der Waals surface area contributed by atoms with Gasteiger partial charge in [-0.25, -0.2) is 4.98 Å². The van der Waals surface area contributed by atoms with Gasteiger partial charge in [0.25, 0.3) is 0 Å². The molecule has 0 aliphatic carbocycles. The van der Waals surface area contributed by atoms with E-state index in [2.05, 4.69) is 29.1 Å². The second-order valence-corrected chi connectivity index (χ2v) is 4.02. The summed E-state index contributed by atoms with van der Waals surface area (Å²) in [5, 5.41) is 3.23. The minimum atomic E-state index is 0.233. The van der Waals surface area contributed by atoms with Gasteiger partial charge in [-0.3, -0.25) is 0 Å². The second-order valence-electron chi connectivity index (χ2n) is 4.02. The molecule has 0 aliphatic heterocycles. The van der Waals surface area contributed by atoms with Crippen LogP contribution in [0.25, 0.3) is 0 Å². The van der Waals surface area contributed by atoms with Crippen molar-refractivity contribution in [1.82, 2.24) is 9.97 Å². The Morgan fingerprint density at radius 3 is 2.69 bits per heavy atom. The molecule has 0 radical (unpaired) electrons. The molecule has 1 rings (SSSR count). The maximum absolute atomic E-state index is 5.61. The van der Waals surface area contributed by atoms with Crippen LogP contribution in [0.15, 0.2) is 6.07 Å². The van der Waals surface area contributed by atoms with Gasteiger partial charge >= 0.3 is 0 Å². The van der Waals surface area contributed by atoms with Crippen LogP contribution < -0.4 is 15.8 Å². The molecule has 2 atom stereocenters. The Kier molecular flexibility index (Phi) is 4.49. The molecule has 5 nitrogen and oxygen atoms in total. The Labute approximate surface area is 96.4 Å². The van der Waals surface area contributed by atoms with Gasteiger partial charge in [-0.05, 0) is 26.3 Å². The van der Waals surface area contributed by atoms with E-state index < -0.39 is 0 Å². The lowest BCUT2D eigenvalue weighted by Gasteiger charge is -2.19. The number of anilines is 1. The molecule has 0 fully saturated rings. The Balaban J connectivity index is 2.76. The number of nitrogens with two attached hydrogens (primary N) is 1. The highest BCUT2D eigenvalue weighted by Crippen LogP contribution is 2.13. The fourth-order valence-corrected chi connectivity index (χ4v) is 1.26. The van der Waals surface area contributed by atoms with E-state index in [4.69, 9.17) is 10.5 Å². The highest BCUT2D eigenvalue weighted by atomic mass is 16.5. The molecule has 1 heterocycles. The summed E-state index contributed by atoms with van der Waals surface area (Å²) >= 11 is 0. The number of hydrogen-bond acceptors (Lipinski definition) is 5. The molecule has 0 aliphatic rings. The molecule has 0 bridgehead atoms. The van der Waals surface area contributed by atoms with Crippen LogP contribution in [0.3, 0.4) is 0 Å². The van der Waals surface area contributed by atoms with E-state index in [0.29, 0.717) is 24.3 Å². The number of aromatic nitrogens is 2. The lowest BCUT2D eigenvalue weighted by atomic mass is 10.0. The van der Waals surface area contributed by atoms with Gasteiger partial charge in [-0.1, -0.05) is 6.92 Å². The van der Waals surface area contributed by atoms with Gasteiger partial charge in [0.1, 0.15) is 0 Å². The summed E-state index contributed by atoms with van der Waals surface area (Å²) in [4.78, 5) is 8.52. The zero-order valence-electron chi connectivity index (χ0n) is 10.3. The Morgan fingerprint density at radius 1 is 1.44 bits per heavy atom. The molecule has 90 valence electrons. The van der Waals surface area contributed by atoms with Crippen LogP contribution in [0.1, 0.15) is 19.5 Å². The molecule has 1 aromatic rings. The molecule has 0 saturated heterocycles. The Hall–Kier alpha value is -1.36. The van der Waals surface area contributed by atoms with Crippen molar-refractivity contribution in [2.24, 2.45) is 11.7 Å². The van der Waals surface area contributed by atoms with Crippen LogP contribution >= 0.6 is 0 Å². The van der Waals surface area contributed by atoms with Crippen molar-refractivity contribution < 1.29 is 4.74 Å². The number of methoxy groups -OCH3 is 1. The Morgan fingerprint density at radius 2 is 2.12 bits per heavy atom. The van der Waals surface area contributed by atoms with Crippen LogP contribution in [-0.2, 0) is 0 Å². The number of aryl methyl sites for hydroxylation is 1. The highest BCUT2D eigenvalue weighted by Gasteiger charge is 2.12. The van der Waals surface area contributed by atoms with E-state index in [9.17, 15) is 0 Å². The molecule has 3 N–H and O–H groups in total. The Bertz CT molecular complexity index is 343. The fraction of sp³-hybridized carbons (Fsp3) is 0.636. The normalized spacial score (nSPS) is 14.3. The van der Waals surface area contributed by atoms with Crippen LogP contribution in [-0.4, -0.2) is 29.7 Å². The van der Waals surface area contributed by atoms with Crippen molar-refractivity contribution in [2.45, 2.75) is 26.8 Å². The summed E-state index contributed by atoms with van der Waals surface area (Å²) in [5.74, 6) is 1.53. The molecule has 5 heteroatoms. The number of hydrogen-bond donors (Lipinski definition) is 2. The highest BCUT2D eigenvalue weighted by molar-refractivity contribution is 5.31. The van der Waals surface area contributed by atoms with Gasteiger partial charge in [0.2, 0.25) is 11.8 Å². The maximum Gasteiger partial charge on any atom is 0.226 e. The first kappa shape index (κ1) is 12.7. The van der Waals surface area contributed by atoms with E-state index in [1.165, 1.54) is 0 Å². The smallest absolute Gasteiger partial charge is 0.226 e. The summed E-state index contributed by atoms with van der Waals surface area (Å²) in [5.41, 5.74) is 6.48. The molecule has 0 spiro atoms. The third-order valence-electron chi connectivity index (χ3n) is 2.62. The second kappa shape index (κ2) is 5.65. The van der Waals surface area contributed by atoms with Gasteiger partial charge in [-0.15, -0.1) is 0 Å². The van der Waals surface area contributed by atoms with Crippen LogP contribution in [0.2, 0.25) is 0 Å². The minimum Gasteiger partial charge on any atom is -0.481 e. The van der Waals surface area contributed by atoms with Gasteiger partial charge in [0.05, 0.1) is 7.11 Å². The van der Waals surface area contributed by atoms with E-state index in [1.54, 1.807) is 13.2 Å². The average Bonchev–Trinajstić information content (AvgIpc) is 2.26. The van der Waals surface area contributed by atoms with Crippen LogP contribution in [0, 0.1) is 12.8 Å². The summed E-state index contributed by atoms with van der Waals surface area (Å²) in [6.45, 7) is 6.70. The molecule has 16 heavy (non-hydrogen) atoms. The number of ether oxygens (including phenoxy) is 1.